The number of ether oxygens (including phenoxy) is 2. The predicted molar refractivity (Wildman–Crippen MR) is 102 cm³/mol. The van der Waals surface area contributed by atoms with Crippen molar-refractivity contribution in [1.82, 2.24) is 5.32 Å². The van der Waals surface area contributed by atoms with Gasteiger partial charge in [-0.1, -0.05) is 6.07 Å². The fourth-order valence-electron chi connectivity index (χ4n) is 3.00. The number of benzene rings is 1. The molecule has 2 heterocycles. The fraction of sp³-hybridized carbons (Fsp3) is 0.667. The molecule has 0 amide bonds. The molecule has 1 N–H and O–H groups in total. The van der Waals surface area contributed by atoms with Crippen molar-refractivity contribution < 1.29 is 18.8 Å². The average molecular weight is 370 g/mol. The zero-order valence-corrected chi connectivity index (χ0v) is 16.6. The van der Waals surface area contributed by atoms with Crippen molar-refractivity contribution in [3.05, 3.63) is 18.2 Å². The number of hydrogen-bond donors (Lipinski definition) is 1. The smallest absolute Gasteiger partial charge is 0.493 e. The molecule has 0 aromatic heterocycles. The second-order valence-corrected chi connectivity index (χ2v) is 7.57. The lowest BCUT2D eigenvalue weighted by Crippen LogP contribution is -2.41. The molecule has 0 aliphatic carbocycles. The van der Waals surface area contributed by atoms with E-state index in [0.29, 0.717) is 0 Å². The summed E-state index contributed by atoms with van der Waals surface area (Å²) in [7, 11) is 1.27. The summed E-state index contributed by atoms with van der Waals surface area (Å²) in [5, 5.41) is 3.35. The normalized spacial score (nSPS) is 22.4. The molecule has 2 aliphatic heterocycles. The van der Waals surface area contributed by atoms with Crippen LogP contribution in [0.1, 0.15) is 40.5 Å². The Morgan fingerprint density at radius 2 is 1.64 bits per heavy atom. The Kier molecular flexibility index (Phi) is 6.31. The van der Waals surface area contributed by atoms with Gasteiger partial charge in [0.2, 0.25) is 0 Å². The maximum Gasteiger partial charge on any atom is 0.494 e. The molecule has 1 aromatic rings. The van der Waals surface area contributed by atoms with Gasteiger partial charge < -0.3 is 24.1 Å². The van der Waals surface area contributed by atoms with Crippen LogP contribution in [0.4, 0.5) is 0 Å². The zero-order valence-electron chi connectivity index (χ0n) is 15.8. The van der Waals surface area contributed by atoms with Gasteiger partial charge in [-0.25, -0.2) is 0 Å². The Hall–Kier alpha value is -0.945. The molecule has 7 heteroatoms. The number of nitrogens with one attached hydrogen (secondary N) is 1. The molecule has 1 aromatic carbocycles. The summed E-state index contributed by atoms with van der Waals surface area (Å²) >= 11 is 0. The minimum absolute atomic E-state index is 0. The van der Waals surface area contributed by atoms with Crippen molar-refractivity contribution in [2.45, 2.75) is 57.8 Å². The summed E-state index contributed by atoms with van der Waals surface area (Å²) in [6.45, 7) is 10.2. The molecule has 0 saturated carbocycles. The molecule has 0 atom stereocenters. The summed E-state index contributed by atoms with van der Waals surface area (Å²) in [5.41, 5.74) is 0.243. The van der Waals surface area contributed by atoms with Crippen molar-refractivity contribution >= 4 is 25.0 Å². The van der Waals surface area contributed by atoms with Crippen molar-refractivity contribution in [1.29, 1.82) is 0 Å². The third-order valence-electron chi connectivity index (χ3n) is 5.29. The van der Waals surface area contributed by atoms with E-state index in [2.05, 4.69) is 33.0 Å². The Labute approximate surface area is 157 Å². The third kappa shape index (κ3) is 4.25. The Bertz CT molecular complexity index is 574. The zero-order chi connectivity index (χ0) is 17.4. The molecule has 2 fully saturated rings. The third-order valence-corrected chi connectivity index (χ3v) is 5.29. The highest BCUT2D eigenvalue weighted by molar-refractivity contribution is 6.62. The lowest BCUT2D eigenvalue weighted by molar-refractivity contribution is 0.00578. The van der Waals surface area contributed by atoms with Gasteiger partial charge in [0.15, 0.2) is 11.5 Å². The second-order valence-electron chi connectivity index (χ2n) is 7.57. The lowest BCUT2D eigenvalue weighted by atomic mass is 9.79. The molecule has 140 valence electrons. The SMILES string of the molecule is COc1cc(B2OC(C)(C)C(C)(C)O2)ccc1OC1CCNCC1.Cl. The molecule has 2 aliphatic rings. The molecule has 25 heavy (non-hydrogen) atoms. The summed E-state index contributed by atoms with van der Waals surface area (Å²) in [5.74, 6) is 1.51. The van der Waals surface area contributed by atoms with Crippen LogP contribution in [-0.4, -0.2) is 44.6 Å². The molecule has 0 bridgehead atoms. The average Bonchev–Trinajstić information content (AvgIpc) is 2.77. The predicted octanol–water partition coefficient (Wildman–Crippen LogP) is 2.55. The molecular formula is C18H29BClNO4. The van der Waals surface area contributed by atoms with Gasteiger partial charge in [-0.05, 0) is 71.2 Å². The summed E-state index contributed by atoms with van der Waals surface area (Å²) in [4.78, 5) is 0. The van der Waals surface area contributed by atoms with Gasteiger partial charge in [0, 0.05) is 0 Å². The van der Waals surface area contributed by atoms with Gasteiger partial charge in [-0.15, -0.1) is 12.4 Å². The van der Waals surface area contributed by atoms with Gasteiger partial charge >= 0.3 is 7.12 Å². The molecule has 3 rings (SSSR count). The van der Waals surface area contributed by atoms with E-state index in [1.807, 2.05) is 18.2 Å². The van der Waals surface area contributed by atoms with Gasteiger partial charge in [0.25, 0.3) is 0 Å². The first kappa shape index (κ1) is 20.4. The monoisotopic (exact) mass is 369 g/mol. The maximum absolute atomic E-state index is 6.13. The molecule has 0 radical (unpaired) electrons. The molecule has 0 unspecified atom stereocenters. The standard InChI is InChI=1S/C18H28BNO4.ClH/c1-17(2)18(3,4)24-19(23-17)13-6-7-15(16(12-13)21-5)22-14-8-10-20-11-9-14;/h6-7,12,14,20H,8-11H2,1-5H3;1H. The Morgan fingerprint density at radius 3 is 2.20 bits per heavy atom. The van der Waals surface area contributed by atoms with Gasteiger partial charge in [0.05, 0.1) is 18.3 Å². The summed E-state index contributed by atoms with van der Waals surface area (Å²) < 4.78 is 23.9. The van der Waals surface area contributed by atoms with E-state index in [9.17, 15) is 0 Å². The minimum Gasteiger partial charge on any atom is -0.493 e. The van der Waals surface area contributed by atoms with Crippen LogP contribution in [0, 0.1) is 0 Å². The molecular weight excluding hydrogens is 340 g/mol. The maximum atomic E-state index is 6.13. The van der Waals surface area contributed by atoms with E-state index in [1.165, 1.54) is 0 Å². The number of piperidine rings is 1. The van der Waals surface area contributed by atoms with E-state index >= 15 is 0 Å². The number of rotatable bonds is 4. The van der Waals surface area contributed by atoms with E-state index in [1.54, 1.807) is 7.11 Å². The Balaban J connectivity index is 0.00000225. The lowest BCUT2D eigenvalue weighted by Gasteiger charge is -2.32. The van der Waals surface area contributed by atoms with Gasteiger partial charge in [-0.3, -0.25) is 0 Å². The summed E-state index contributed by atoms with van der Waals surface area (Å²) in [6.07, 6.45) is 2.27. The first-order valence-corrected chi connectivity index (χ1v) is 8.73. The van der Waals surface area contributed by atoms with E-state index in [4.69, 9.17) is 18.8 Å². The van der Waals surface area contributed by atoms with E-state index in [-0.39, 0.29) is 29.7 Å². The van der Waals surface area contributed by atoms with Gasteiger partial charge in [-0.2, -0.15) is 0 Å². The van der Waals surface area contributed by atoms with Crippen molar-refractivity contribution in [3.8, 4) is 11.5 Å². The molecule has 5 nitrogen and oxygen atoms in total. The molecule has 0 spiro atoms. The van der Waals surface area contributed by atoms with Crippen LogP contribution in [-0.2, 0) is 9.31 Å². The van der Waals surface area contributed by atoms with Crippen molar-refractivity contribution in [2.24, 2.45) is 0 Å². The highest BCUT2D eigenvalue weighted by Gasteiger charge is 2.51. The topological polar surface area (TPSA) is 49.0 Å². The number of methoxy groups -OCH3 is 1. The van der Waals surface area contributed by atoms with Crippen LogP contribution < -0.4 is 20.3 Å². The quantitative estimate of drug-likeness (QED) is 0.827. The Morgan fingerprint density at radius 1 is 1.04 bits per heavy atom. The molecule has 2 saturated heterocycles. The first-order valence-electron chi connectivity index (χ1n) is 8.73. The van der Waals surface area contributed by atoms with Crippen LogP contribution in [0.5, 0.6) is 11.5 Å². The minimum atomic E-state index is -0.392. The van der Waals surface area contributed by atoms with E-state index in [0.717, 1.165) is 42.9 Å². The largest absolute Gasteiger partial charge is 0.494 e. The van der Waals surface area contributed by atoms with Crippen LogP contribution in [0.3, 0.4) is 0 Å². The summed E-state index contributed by atoms with van der Waals surface area (Å²) in [6, 6.07) is 5.92. The van der Waals surface area contributed by atoms with Crippen LogP contribution in [0.15, 0.2) is 18.2 Å². The van der Waals surface area contributed by atoms with Crippen molar-refractivity contribution in [3.63, 3.8) is 0 Å². The highest BCUT2D eigenvalue weighted by Crippen LogP contribution is 2.37. The number of halogens is 1. The fourth-order valence-corrected chi connectivity index (χ4v) is 3.00. The number of hydrogen-bond acceptors (Lipinski definition) is 5. The first-order chi connectivity index (χ1) is 11.3. The van der Waals surface area contributed by atoms with Gasteiger partial charge in [0.1, 0.15) is 6.10 Å². The van der Waals surface area contributed by atoms with Crippen LogP contribution in [0.2, 0.25) is 0 Å². The van der Waals surface area contributed by atoms with Crippen molar-refractivity contribution in [2.75, 3.05) is 20.2 Å². The van der Waals surface area contributed by atoms with Crippen LogP contribution >= 0.6 is 12.4 Å². The highest BCUT2D eigenvalue weighted by atomic mass is 35.5. The van der Waals surface area contributed by atoms with E-state index < -0.39 is 7.12 Å². The second kappa shape index (κ2) is 7.74. The van der Waals surface area contributed by atoms with Crippen LogP contribution in [0.25, 0.3) is 0 Å².